The van der Waals surface area contributed by atoms with Gasteiger partial charge in [0.2, 0.25) is 0 Å². The molecule has 0 saturated carbocycles. The number of hydrogen-bond acceptors (Lipinski definition) is 3. The van der Waals surface area contributed by atoms with E-state index in [9.17, 15) is 4.79 Å². The molecule has 16 heavy (non-hydrogen) atoms. The normalized spacial score (nSPS) is 15.4. The first kappa shape index (κ1) is 11.2. The maximum Gasteiger partial charge on any atom is 0.411 e. The minimum absolute atomic E-state index is 0.0130. The fraction of sp³-hybridized carbons (Fsp3) is 0.364. The molecule has 86 valence electrons. The molecule has 0 spiro atoms. The number of nitrogens with one attached hydrogen (secondary N) is 2. The number of halogens is 1. The van der Waals surface area contributed by atoms with Gasteiger partial charge in [-0.1, -0.05) is 17.7 Å². The molecular weight excluding hydrogens is 228 g/mol. The Kier molecular flexibility index (Phi) is 3.31. The first-order valence-corrected chi connectivity index (χ1v) is 5.47. The second kappa shape index (κ2) is 4.72. The van der Waals surface area contributed by atoms with Gasteiger partial charge in [0.05, 0.1) is 0 Å². The molecule has 5 heteroatoms. The second-order valence-corrected chi connectivity index (χ2v) is 4.18. The average molecular weight is 241 g/mol. The molecular formula is C11H13ClN2O2. The van der Waals surface area contributed by atoms with Crippen molar-refractivity contribution in [3.05, 3.63) is 28.8 Å². The van der Waals surface area contributed by atoms with Crippen LogP contribution in [0.5, 0.6) is 0 Å². The lowest BCUT2D eigenvalue weighted by Gasteiger charge is -2.26. The van der Waals surface area contributed by atoms with Gasteiger partial charge in [0.15, 0.2) is 0 Å². The van der Waals surface area contributed by atoms with Crippen LogP contribution in [0.4, 0.5) is 10.5 Å². The van der Waals surface area contributed by atoms with Gasteiger partial charge in [-0.2, -0.15) is 0 Å². The number of rotatable bonds is 2. The number of ether oxygens (including phenoxy) is 1. The van der Waals surface area contributed by atoms with Crippen molar-refractivity contribution in [1.29, 1.82) is 0 Å². The van der Waals surface area contributed by atoms with Crippen LogP contribution >= 0.6 is 11.6 Å². The molecule has 2 N–H and O–H groups in total. The zero-order chi connectivity index (χ0) is 11.5. The molecule has 2 rings (SSSR count). The van der Waals surface area contributed by atoms with Crippen LogP contribution in [0.15, 0.2) is 18.2 Å². The number of carbonyl (C=O) groups excluding carboxylic acids is 1. The summed E-state index contributed by atoms with van der Waals surface area (Å²) >= 11 is 5.94. The quantitative estimate of drug-likeness (QED) is 0.833. The highest BCUT2D eigenvalue weighted by Gasteiger charge is 2.20. The number of hydrogen-bond donors (Lipinski definition) is 2. The van der Waals surface area contributed by atoms with Gasteiger partial charge in [-0.25, -0.2) is 4.79 Å². The summed E-state index contributed by atoms with van der Waals surface area (Å²) in [5.74, 6) is 0. The maximum atomic E-state index is 11.4. The van der Waals surface area contributed by atoms with Gasteiger partial charge >= 0.3 is 6.09 Å². The van der Waals surface area contributed by atoms with Crippen LogP contribution in [0.3, 0.4) is 0 Å². The smallest absolute Gasteiger partial charge is 0.411 e. The summed E-state index contributed by atoms with van der Waals surface area (Å²) in [6.07, 6.45) is -0.452. The van der Waals surface area contributed by atoms with E-state index in [1.54, 1.807) is 12.1 Å². The first-order valence-electron chi connectivity index (χ1n) is 5.09. The summed E-state index contributed by atoms with van der Waals surface area (Å²) in [6.45, 7) is 3.36. The molecule has 1 aromatic carbocycles. The molecule has 0 aromatic heterocycles. The van der Waals surface area contributed by atoms with E-state index in [4.69, 9.17) is 16.3 Å². The number of benzene rings is 1. The van der Waals surface area contributed by atoms with Crippen LogP contribution in [0.1, 0.15) is 5.56 Å². The molecule has 1 amide bonds. The minimum atomic E-state index is -0.439. The minimum Gasteiger partial charge on any atom is -0.443 e. The lowest BCUT2D eigenvalue weighted by Crippen LogP contribution is -2.49. The zero-order valence-corrected chi connectivity index (χ0v) is 9.67. The van der Waals surface area contributed by atoms with Crippen molar-refractivity contribution in [3.8, 4) is 0 Å². The van der Waals surface area contributed by atoms with E-state index in [-0.39, 0.29) is 6.10 Å². The predicted octanol–water partition coefficient (Wildman–Crippen LogP) is 2.17. The molecule has 1 saturated heterocycles. The SMILES string of the molecule is Cc1ccc(NC(=O)OC2CNC2)cc1Cl. The van der Waals surface area contributed by atoms with E-state index >= 15 is 0 Å². The Morgan fingerprint density at radius 3 is 2.88 bits per heavy atom. The van der Waals surface area contributed by atoms with Crippen LogP contribution in [0.25, 0.3) is 0 Å². The molecule has 4 nitrogen and oxygen atoms in total. The van der Waals surface area contributed by atoms with Crippen LogP contribution < -0.4 is 10.6 Å². The predicted molar refractivity (Wildman–Crippen MR) is 63.0 cm³/mol. The van der Waals surface area contributed by atoms with Gasteiger partial charge in [-0.05, 0) is 24.6 Å². The Labute approximate surface area is 98.9 Å². The van der Waals surface area contributed by atoms with Crippen molar-refractivity contribution in [3.63, 3.8) is 0 Å². The highest BCUT2D eigenvalue weighted by molar-refractivity contribution is 6.31. The Hall–Kier alpha value is -1.26. The zero-order valence-electron chi connectivity index (χ0n) is 8.92. The van der Waals surface area contributed by atoms with E-state index in [0.29, 0.717) is 10.7 Å². The summed E-state index contributed by atoms with van der Waals surface area (Å²) in [6, 6.07) is 5.35. The number of aryl methyl sites for hydroxylation is 1. The van der Waals surface area contributed by atoms with Gasteiger partial charge in [-0.15, -0.1) is 0 Å². The van der Waals surface area contributed by atoms with Crippen LogP contribution in [-0.2, 0) is 4.74 Å². The monoisotopic (exact) mass is 240 g/mol. The van der Waals surface area contributed by atoms with Crippen LogP contribution in [-0.4, -0.2) is 25.3 Å². The molecule has 1 fully saturated rings. The number of amides is 1. The summed E-state index contributed by atoms with van der Waals surface area (Å²) in [5, 5.41) is 6.28. The van der Waals surface area contributed by atoms with E-state index in [1.807, 2.05) is 13.0 Å². The number of carbonyl (C=O) groups is 1. The Balaban J connectivity index is 1.92. The van der Waals surface area contributed by atoms with Gasteiger partial charge in [0.25, 0.3) is 0 Å². The number of anilines is 1. The van der Waals surface area contributed by atoms with Crippen molar-refractivity contribution in [2.45, 2.75) is 13.0 Å². The average Bonchev–Trinajstić information content (AvgIpc) is 2.18. The molecule has 1 heterocycles. The molecule has 0 atom stereocenters. The van der Waals surface area contributed by atoms with Crippen molar-refractivity contribution < 1.29 is 9.53 Å². The highest BCUT2D eigenvalue weighted by Crippen LogP contribution is 2.20. The molecule has 0 bridgehead atoms. The second-order valence-electron chi connectivity index (χ2n) is 3.77. The van der Waals surface area contributed by atoms with Crippen molar-refractivity contribution in [1.82, 2.24) is 5.32 Å². The molecule has 0 unspecified atom stereocenters. The van der Waals surface area contributed by atoms with E-state index < -0.39 is 6.09 Å². The van der Waals surface area contributed by atoms with Gasteiger partial charge < -0.3 is 10.1 Å². The highest BCUT2D eigenvalue weighted by atomic mass is 35.5. The largest absolute Gasteiger partial charge is 0.443 e. The van der Waals surface area contributed by atoms with Gasteiger partial charge in [-0.3, -0.25) is 5.32 Å². The molecule has 1 aliphatic heterocycles. The molecule has 0 aliphatic carbocycles. The van der Waals surface area contributed by atoms with Crippen LogP contribution in [0, 0.1) is 6.92 Å². The van der Waals surface area contributed by atoms with Gasteiger partial charge in [0.1, 0.15) is 6.10 Å². The third kappa shape index (κ3) is 2.65. The standard InChI is InChI=1S/C11H13ClN2O2/c1-7-2-3-8(4-10(7)12)14-11(15)16-9-5-13-6-9/h2-4,9,13H,5-6H2,1H3,(H,14,15). The Morgan fingerprint density at radius 1 is 1.56 bits per heavy atom. The summed E-state index contributed by atoms with van der Waals surface area (Å²) in [5.41, 5.74) is 1.62. The van der Waals surface area contributed by atoms with Crippen LogP contribution in [0.2, 0.25) is 5.02 Å². The fourth-order valence-corrected chi connectivity index (χ4v) is 1.50. The van der Waals surface area contributed by atoms with E-state index in [1.165, 1.54) is 0 Å². The maximum absolute atomic E-state index is 11.4. The summed E-state index contributed by atoms with van der Waals surface area (Å²) < 4.78 is 5.10. The molecule has 0 radical (unpaired) electrons. The first-order chi connectivity index (χ1) is 7.65. The van der Waals surface area contributed by atoms with E-state index in [2.05, 4.69) is 10.6 Å². The lowest BCUT2D eigenvalue weighted by molar-refractivity contribution is 0.0778. The van der Waals surface area contributed by atoms with Crippen molar-refractivity contribution >= 4 is 23.4 Å². The Bertz CT molecular complexity index is 405. The lowest BCUT2D eigenvalue weighted by atomic mass is 10.2. The third-order valence-corrected chi connectivity index (χ3v) is 2.84. The molecule has 1 aromatic rings. The van der Waals surface area contributed by atoms with Crippen molar-refractivity contribution in [2.24, 2.45) is 0 Å². The summed E-state index contributed by atoms with van der Waals surface area (Å²) in [7, 11) is 0. The third-order valence-electron chi connectivity index (χ3n) is 2.44. The van der Waals surface area contributed by atoms with Crippen molar-refractivity contribution in [2.75, 3.05) is 18.4 Å². The Morgan fingerprint density at radius 2 is 2.31 bits per heavy atom. The molecule has 1 aliphatic rings. The fourth-order valence-electron chi connectivity index (χ4n) is 1.31. The van der Waals surface area contributed by atoms with E-state index in [0.717, 1.165) is 18.7 Å². The topological polar surface area (TPSA) is 50.4 Å². The summed E-state index contributed by atoms with van der Waals surface area (Å²) in [4.78, 5) is 11.4. The van der Waals surface area contributed by atoms with Gasteiger partial charge in [0, 0.05) is 23.8 Å².